The largest absolute Gasteiger partial charge is 0.371 e. The Kier molecular flexibility index (Phi) is 4.44. The summed E-state index contributed by atoms with van der Waals surface area (Å²) in [6.07, 6.45) is 1.02. The van der Waals surface area contributed by atoms with Gasteiger partial charge in [0.05, 0.1) is 10.2 Å². The van der Waals surface area contributed by atoms with Crippen LogP contribution in [0.1, 0.15) is 32.8 Å². The molecule has 4 heteroatoms. The lowest BCUT2D eigenvalue weighted by Crippen LogP contribution is -2.35. The summed E-state index contributed by atoms with van der Waals surface area (Å²) in [5, 5.41) is 3.11. The highest BCUT2D eigenvalue weighted by Gasteiger charge is 2.29. The highest BCUT2D eigenvalue weighted by molar-refractivity contribution is 7.71. The Morgan fingerprint density at radius 2 is 1.94 bits per heavy atom. The second kappa shape index (κ2) is 5.27. The molecule has 0 bridgehead atoms. The maximum absolute atomic E-state index is 11.8. The second-order valence-corrected chi connectivity index (χ2v) is 5.92. The summed E-state index contributed by atoms with van der Waals surface area (Å²) in [6.45, 7) is 8.14. The SMILES string of the molecule is CNCCCN(C)c1c(C(C)(C)C)c(=S)c1=O. The summed E-state index contributed by atoms with van der Waals surface area (Å²) in [7, 11) is 3.90. The molecular formula is C13H22N2OS. The first-order chi connectivity index (χ1) is 7.80. The molecule has 0 aliphatic carbocycles. The van der Waals surface area contributed by atoms with E-state index in [-0.39, 0.29) is 10.8 Å². The van der Waals surface area contributed by atoms with Gasteiger partial charge in [0.2, 0.25) is 5.43 Å². The minimum atomic E-state index is -0.0441. The van der Waals surface area contributed by atoms with Gasteiger partial charge in [-0.05, 0) is 25.4 Å². The van der Waals surface area contributed by atoms with Gasteiger partial charge in [0.15, 0.2) is 0 Å². The van der Waals surface area contributed by atoms with Crippen molar-refractivity contribution in [3.05, 3.63) is 20.3 Å². The Balaban J connectivity index is 2.88. The van der Waals surface area contributed by atoms with Crippen molar-refractivity contribution in [1.29, 1.82) is 0 Å². The van der Waals surface area contributed by atoms with Gasteiger partial charge in [-0.25, -0.2) is 0 Å². The molecule has 96 valence electrons. The van der Waals surface area contributed by atoms with Crippen LogP contribution in [-0.2, 0) is 5.41 Å². The van der Waals surface area contributed by atoms with Crippen molar-refractivity contribution in [2.24, 2.45) is 0 Å². The molecule has 0 aliphatic rings. The number of anilines is 1. The van der Waals surface area contributed by atoms with E-state index in [1.807, 2.05) is 19.0 Å². The minimum Gasteiger partial charge on any atom is -0.371 e. The van der Waals surface area contributed by atoms with Gasteiger partial charge >= 0.3 is 0 Å². The summed E-state index contributed by atoms with van der Waals surface area (Å²) in [6, 6.07) is 0. The monoisotopic (exact) mass is 254 g/mol. The smallest absolute Gasteiger partial charge is 0.220 e. The summed E-state index contributed by atoms with van der Waals surface area (Å²) < 4.78 is 0.521. The average molecular weight is 254 g/mol. The molecule has 0 spiro atoms. The zero-order chi connectivity index (χ0) is 13.2. The van der Waals surface area contributed by atoms with Crippen LogP contribution >= 0.6 is 12.2 Å². The molecule has 0 unspecified atom stereocenters. The van der Waals surface area contributed by atoms with Crippen LogP contribution in [0.2, 0.25) is 0 Å². The molecule has 1 N–H and O–H groups in total. The van der Waals surface area contributed by atoms with Crippen LogP contribution in [0.25, 0.3) is 0 Å². The predicted octanol–water partition coefficient (Wildman–Crippen LogP) is 2.00. The van der Waals surface area contributed by atoms with Crippen molar-refractivity contribution >= 4 is 17.9 Å². The van der Waals surface area contributed by atoms with Crippen LogP contribution in [0.15, 0.2) is 4.79 Å². The Labute approximate surface area is 109 Å². The van der Waals surface area contributed by atoms with E-state index in [0.29, 0.717) is 4.51 Å². The van der Waals surface area contributed by atoms with Crippen LogP contribution in [0.5, 0.6) is 0 Å². The van der Waals surface area contributed by atoms with Crippen LogP contribution in [0, 0.1) is 4.51 Å². The molecule has 0 aliphatic heterocycles. The maximum atomic E-state index is 11.8. The molecule has 0 radical (unpaired) electrons. The third-order valence-corrected chi connectivity index (χ3v) is 3.33. The molecule has 17 heavy (non-hydrogen) atoms. The van der Waals surface area contributed by atoms with Gasteiger partial charge in [0, 0.05) is 19.2 Å². The Hall–Kier alpha value is -0.740. The van der Waals surface area contributed by atoms with Gasteiger partial charge in [0.1, 0.15) is 0 Å². The Bertz CT molecular complexity index is 452. The van der Waals surface area contributed by atoms with Gasteiger partial charge in [-0.1, -0.05) is 33.0 Å². The van der Waals surface area contributed by atoms with E-state index in [9.17, 15) is 4.79 Å². The van der Waals surface area contributed by atoms with Crippen molar-refractivity contribution in [2.75, 3.05) is 32.1 Å². The molecular weight excluding hydrogens is 232 g/mol. The number of hydrogen-bond acceptors (Lipinski definition) is 4. The van der Waals surface area contributed by atoms with E-state index in [1.54, 1.807) is 0 Å². The van der Waals surface area contributed by atoms with E-state index in [4.69, 9.17) is 12.2 Å². The average Bonchev–Trinajstić information content (AvgIpc) is 2.22. The number of nitrogens with one attached hydrogen (secondary N) is 1. The first-order valence-electron chi connectivity index (χ1n) is 6.00. The molecule has 0 amide bonds. The molecule has 0 fully saturated rings. The topological polar surface area (TPSA) is 32.3 Å². The lowest BCUT2D eigenvalue weighted by molar-refractivity contribution is 0.578. The molecule has 0 aromatic heterocycles. The van der Waals surface area contributed by atoms with Gasteiger partial charge in [0.25, 0.3) is 0 Å². The van der Waals surface area contributed by atoms with Crippen LogP contribution in [-0.4, -0.2) is 27.2 Å². The van der Waals surface area contributed by atoms with Gasteiger partial charge in [-0.3, -0.25) is 4.79 Å². The Morgan fingerprint density at radius 3 is 2.41 bits per heavy atom. The third-order valence-electron chi connectivity index (χ3n) is 2.94. The zero-order valence-corrected chi connectivity index (χ0v) is 12.2. The van der Waals surface area contributed by atoms with Crippen molar-refractivity contribution in [3.63, 3.8) is 0 Å². The van der Waals surface area contributed by atoms with E-state index in [0.717, 1.165) is 30.8 Å². The fraction of sp³-hybridized carbons (Fsp3) is 0.692. The first-order valence-corrected chi connectivity index (χ1v) is 6.41. The van der Waals surface area contributed by atoms with E-state index < -0.39 is 0 Å². The minimum absolute atomic E-state index is 0.0388. The van der Waals surface area contributed by atoms with E-state index in [1.165, 1.54) is 0 Å². The van der Waals surface area contributed by atoms with Crippen molar-refractivity contribution in [2.45, 2.75) is 32.6 Å². The quantitative estimate of drug-likeness (QED) is 0.643. The molecule has 0 atom stereocenters. The molecule has 1 rings (SSSR count). The van der Waals surface area contributed by atoms with Gasteiger partial charge < -0.3 is 10.2 Å². The zero-order valence-electron chi connectivity index (χ0n) is 11.4. The fourth-order valence-corrected chi connectivity index (χ4v) is 2.54. The number of nitrogens with zero attached hydrogens (tertiary/aromatic N) is 1. The normalized spacial score (nSPS) is 12.1. The lowest BCUT2D eigenvalue weighted by Gasteiger charge is -2.30. The van der Waals surface area contributed by atoms with E-state index in [2.05, 4.69) is 26.1 Å². The molecule has 3 nitrogen and oxygen atoms in total. The van der Waals surface area contributed by atoms with Crippen molar-refractivity contribution < 1.29 is 0 Å². The molecule has 0 saturated heterocycles. The maximum Gasteiger partial charge on any atom is 0.220 e. The lowest BCUT2D eigenvalue weighted by atomic mass is 9.82. The summed E-state index contributed by atoms with van der Waals surface area (Å²) >= 11 is 5.16. The van der Waals surface area contributed by atoms with Gasteiger partial charge in [-0.15, -0.1) is 0 Å². The van der Waals surface area contributed by atoms with Crippen LogP contribution in [0.4, 0.5) is 5.69 Å². The van der Waals surface area contributed by atoms with Crippen LogP contribution in [0.3, 0.4) is 0 Å². The first kappa shape index (κ1) is 14.3. The molecule has 0 saturated carbocycles. The number of rotatable bonds is 5. The van der Waals surface area contributed by atoms with Crippen molar-refractivity contribution in [3.8, 4) is 0 Å². The fourth-order valence-electron chi connectivity index (χ4n) is 2.04. The summed E-state index contributed by atoms with van der Waals surface area (Å²) in [5.41, 5.74) is 1.86. The van der Waals surface area contributed by atoms with Gasteiger partial charge in [-0.2, -0.15) is 0 Å². The molecule has 1 aromatic carbocycles. The summed E-state index contributed by atoms with van der Waals surface area (Å²) in [4.78, 5) is 13.9. The highest BCUT2D eigenvalue weighted by atomic mass is 32.1. The highest BCUT2D eigenvalue weighted by Crippen LogP contribution is 2.32. The Morgan fingerprint density at radius 1 is 1.35 bits per heavy atom. The predicted molar refractivity (Wildman–Crippen MR) is 76.4 cm³/mol. The molecule has 0 heterocycles. The third kappa shape index (κ3) is 2.93. The number of hydrogen-bond donors (Lipinski definition) is 1. The molecule has 1 aromatic rings. The van der Waals surface area contributed by atoms with E-state index >= 15 is 0 Å². The second-order valence-electron chi connectivity index (χ2n) is 5.51. The summed E-state index contributed by atoms with van der Waals surface area (Å²) in [5.74, 6) is 0. The van der Waals surface area contributed by atoms with Crippen molar-refractivity contribution in [1.82, 2.24) is 5.32 Å². The van der Waals surface area contributed by atoms with Crippen LogP contribution < -0.4 is 15.6 Å². The standard InChI is InChI=1S/C13H22N2OS/c1-13(2,3)9-10(11(16)12(9)17)15(5)8-6-7-14-4/h14H,6-8H2,1-5H3.